The molecule has 14 heavy (non-hydrogen) atoms. The summed E-state index contributed by atoms with van der Waals surface area (Å²) < 4.78 is 0. The second-order valence-corrected chi connectivity index (χ2v) is 4.70. The number of nitrogens with one attached hydrogen (secondary N) is 1. The summed E-state index contributed by atoms with van der Waals surface area (Å²) in [6, 6.07) is 0.940. The van der Waals surface area contributed by atoms with Crippen LogP contribution in [0.15, 0.2) is 0 Å². The van der Waals surface area contributed by atoms with E-state index < -0.39 is 0 Å². The van der Waals surface area contributed by atoms with Crippen LogP contribution in [0.4, 0.5) is 0 Å². The number of piperidine rings is 3. The normalized spacial score (nSPS) is 38.6. The van der Waals surface area contributed by atoms with E-state index in [1.807, 2.05) is 0 Å². The highest BCUT2D eigenvalue weighted by Gasteiger charge is 2.34. The third kappa shape index (κ3) is 2.10. The lowest BCUT2D eigenvalue weighted by Gasteiger charge is -2.46. The Kier molecular flexibility index (Phi) is 3.42. The maximum absolute atomic E-state index is 9.15. The van der Waals surface area contributed by atoms with Gasteiger partial charge in [-0.2, -0.15) is 0 Å². The second-order valence-electron chi connectivity index (χ2n) is 4.70. The summed E-state index contributed by atoms with van der Waals surface area (Å²) >= 11 is 0. The van der Waals surface area contributed by atoms with Gasteiger partial charge in [0, 0.05) is 18.6 Å². The van der Waals surface area contributed by atoms with E-state index in [0.717, 1.165) is 12.3 Å². The van der Waals surface area contributed by atoms with E-state index in [0.29, 0.717) is 12.1 Å². The van der Waals surface area contributed by atoms with E-state index in [4.69, 9.17) is 5.11 Å². The molecule has 0 aromatic rings. The minimum Gasteiger partial charge on any atom is -0.395 e. The van der Waals surface area contributed by atoms with Crippen molar-refractivity contribution in [1.29, 1.82) is 0 Å². The maximum atomic E-state index is 9.15. The molecule has 0 aromatic heterocycles. The standard InChI is InChI=1S/C11H22N2O/c1-2-10(8-14)12-11-7-13-5-3-9(11)4-6-13/h9-12,14H,2-8H2,1H3/t10-,11?/m1/s1. The van der Waals surface area contributed by atoms with Crippen molar-refractivity contribution in [2.24, 2.45) is 5.92 Å². The topological polar surface area (TPSA) is 35.5 Å². The second kappa shape index (κ2) is 4.60. The van der Waals surface area contributed by atoms with E-state index in [1.54, 1.807) is 0 Å². The van der Waals surface area contributed by atoms with E-state index in [1.165, 1.54) is 32.5 Å². The van der Waals surface area contributed by atoms with Crippen LogP contribution in [0.25, 0.3) is 0 Å². The summed E-state index contributed by atoms with van der Waals surface area (Å²) in [5.74, 6) is 0.862. The Hall–Kier alpha value is -0.120. The summed E-state index contributed by atoms with van der Waals surface area (Å²) in [5.41, 5.74) is 0. The molecule has 3 aliphatic rings. The first-order chi connectivity index (χ1) is 6.83. The van der Waals surface area contributed by atoms with Crippen LogP contribution in [0.5, 0.6) is 0 Å². The SMILES string of the molecule is CC[C@H](CO)NC1CN2CCC1CC2. The molecule has 0 aliphatic carbocycles. The van der Waals surface area contributed by atoms with E-state index in [2.05, 4.69) is 17.1 Å². The van der Waals surface area contributed by atoms with Gasteiger partial charge in [-0.1, -0.05) is 6.92 Å². The molecule has 0 spiro atoms. The van der Waals surface area contributed by atoms with Crippen LogP contribution in [0.3, 0.4) is 0 Å². The highest BCUT2D eigenvalue weighted by atomic mass is 16.3. The molecule has 0 radical (unpaired) electrons. The van der Waals surface area contributed by atoms with Gasteiger partial charge in [0.15, 0.2) is 0 Å². The van der Waals surface area contributed by atoms with Gasteiger partial charge in [0.2, 0.25) is 0 Å². The van der Waals surface area contributed by atoms with Gasteiger partial charge in [-0.3, -0.25) is 0 Å². The summed E-state index contributed by atoms with van der Waals surface area (Å²) in [4.78, 5) is 2.54. The van der Waals surface area contributed by atoms with Gasteiger partial charge in [-0.25, -0.2) is 0 Å². The van der Waals surface area contributed by atoms with E-state index >= 15 is 0 Å². The van der Waals surface area contributed by atoms with Crippen LogP contribution in [0, 0.1) is 5.92 Å². The Bertz CT molecular complexity index is 174. The molecule has 3 aliphatic heterocycles. The molecular formula is C11H22N2O. The van der Waals surface area contributed by atoms with Crippen molar-refractivity contribution in [3.05, 3.63) is 0 Å². The zero-order valence-corrected chi connectivity index (χ0v) is 9.08. The lowest BCUT2D eigenvalue weighted by atomic mass is 9.83. The van der Waals surface area contributed by atoms with Crippen LogP contribution in [0.1, 0.15) is 26.2 Å². The molecule has 2 N–H and O–H groups in total. The fourth-order valence-corrected chi connectivity index (χ4v) is 2.76. The van der Waals surface area contributed by atoms with Crippen LogP contribution in [0.2, 0.25) is 0 Å². The molecule has 3 nitrogen and oxygen atoms in total. The molecule has 2 bridgehead atoms. The minimum absolute atomic E-state index is 0.278. The number of hydrogen-bond acceptors (Lipinski definition) is 3. The number of aliphatic hydroxyl groups is 1. The first kappa shape index (κ1) is 10.4. The molecule has 3 heterocycles. The predicted octanol–water partition coefficient (Wildman–Crippen LogP) is 0.441. The highest BCUT2D eigenvalue weighted by Crippen LogP contribution is 2.27. The third-order valence-electron chi connectivity index (χ3n) is 3.82. The van der Waals surface area contributed by atoms with Crippen molar-refractivity contribution >= 4 is 0 Å². The van der Waals surface area contributed by atoms with Crippen molar-refractivity contribution in [3.8, 4) is 0 Å². The maximum Gasteiger partial charge on any atom is 0.0584 e. The number of aliphatic hydroxyl groups excluding tert-OH is 1. The average Bonchev–Trinajstić information content (AvgIpc) is 2.27. The van der Waals surface area contributed by atoms with Crippen molar-refractivity contribution in [2.45, 2.75) is 38.3 Å². The number of nitrogens with zero attached hydrogens (tertiary/aromatic N) is 1. The third-order valence-corrected chi connectivity index (χ3v) is 3.82. The predicted molar refractivity (Wildman–Crippen MR) is 57.3 cm³/mol. The van der Waals surface area contributed by atoms with Gasteiger partial charge in [0.1, 0.15) is 0 Å². The highest BCUT2D eigenvalue weighted by molar-refractivity contribution is 4.92. The monoisotopic (exact) mass is 198 g/mol. The molecule has 2 atom stereocenters. The number of rotatable bonds is 4. The molecule has 0 saturated carbocycles. The summed E-state index contributed by atoms with van der Waals surface area (Å²) in [5, 5.41) is 12.7. The largest absolute Gasteiger partial charge is 0.395 e. The van der Waals surface area contributed by atoms with Crippen LogP contribution >= 0.6 is 0 Å². The molecule has 3 saturated heterocycles. The smallest absolute Gasteiger partial charge is 0.0584 e. The van der Waals surface area contributed by atoms with Gasteiger partial charge < -0.3 is 15.3 Å². The first-order valence-electron chi connectivity index (χ1n) is 5.92. The lowest BCUT2D eigenvalue weighted by molar-refractivity contribution is 0.0612. The fourth-order valence-electron chi connectivity index (χ4n) is 2.76. The van der Waals surface area contributed by atoms with E-state index in [-0.39, 0.29) is 6.61 Å². The molecule has 0 amide bonds. The van der Waals surface area contributed by atoms with Gasteiger partial charge in [-0.15, -0.1) is 0 Å². The first-order valence-corrected chi connectivity index (χ1v) is 5.92. The van der Waals surface area contributed by atoms with Gasteiger partial charge >= 0.3 is 0 Å². The molecule has 82 valence electrons. The van der Waals surface area contributed by atoms with Crippen molar-refractivity contribution in [2.75, 3.05) is 26.2 Å². The molecule has 1 unspecified atom stereocenters. The van der Waals surface area contributed by atoms with Gasteiger partial charge in [-0.05, 0) is 38.3 Å². The van der Waals surface area contributed by atoms with Crippen molar-refractivity contribution < 1.29 is 5.11 Å². The Morgan fingerprint density at radius 2 is 2.14 bits per heavy atom. The molecule has 3 rings (SSSR count). The van der Waals surface area contributed by atoms with Crippen LogP contribution in [-0.2, 0) is 0 Å². The van der Waals surface area contributed by atoms with E-state index in [9.17, 15) is 0 Å². The lowest BCUT2D eigenvalue weighted by Crippen LogP contribution is -2.58. The Morgan fingerprint density at radius 3 is 2.57 bits per heavy atom. The van der Waals surface area contributed by atoms with Crippen molar-refractivity contribution in [3.63, 3.8) is 0 Å². The Morgan fingerprint density at radius 1 is 1.43 bits per heavy atom. The fraction of sp³-hybridized carbons (Fsp3) is 1.00. The Balaban J connectivity index is 1.86. The quantitative estimate of drug-likeness (QED) is 0.688. The number of fused-ring (bicyclic) bond motifs is 3. The average molecular weight is 198 g/mol. The molecular weight excluding hydrogens is 176 g/mol. The summed E-state index contributed by atoms with van der Waals surface area (Å²) in [6.07, 6.45) is 3.72. The molecule has 3 fully saturated rings. The minimum atomic E-state index is 0.278. The van der Waals surface area contributed by atoms with Gasteiger partial charge in [0.25, 0.3) is 0 Å². The zero-order valence-electron chi connectivity index (χ0n) is 9.08. The van der Waals surface area contributed by atoms with Crippen molar-refractivity contribution in [1.82, 2.24) is 10.2 Å². The van der Waals surface area contributed by atoms with Crippen LogP contribution < -0.4 is 5.32 Å². The number of hydrogen-bond donors (Lipinski definition) is 2. The van der Waals surface area contributed by atoms with Gasteiger partial charge in [0.05, 0.1) is 6.61 Å². The zero-order chi connectivity index (χ0) is 9.97. The van der Waals surface area contributed by atoms with Crippen LogP contribution in [-0.4, -0.2) is 48.3 Å². The Labute approximate surface area is 86.5 Å². The molecule has 3 heteroatoms. The summed E-state index contributed by atoms with van der Waals surface area (Å²) in [7, 11) is 0. The summed E-state index contributed by atoms with van der Waals surface area (Å²) in [6.45, 7) is 6.19. The molecule has 0 aromatic carbocycles.